The minimum Gasteiger partial charge on any atom is -0.268 e. The third-order valence-electron chi connectivity index (χ3n) is 4.51. The maximum absolute atomic E-state index is 13.5. The summed E-state index contributed by atoms with van der Waals surface area (Å²) in [4.78, 5) is 17.9. The number of rotatable bonds is 3. The van der Waals surface area contributed by atoms with Gasteiger partial charge in [-0.25, -0.2) is 13.8 Å². The van der Waals surface area contributed by atoms with Crippen molar-refractivity contribution in [3.8, 4) is 5.69 Å². The lowest BCUT2D eigenvalue weighted by molar-refractivity contribution is 0.508. The van der Waals surface area contributed by atoms with Crippen LogP contribution in [0.25, 0.3) is 28.7 Å². The van der Waals surface area contributed by atoms with Gasteiger partial charge in [-0.2, -0.15) is 0 Å². The Hall–Kier alpha value is -3.12. The average Bonchev–Trinajstić information content (AvgIpc) is 2.70. The van der Waals surface area contributed by atoms with Crippen molar-refractivity contribution in [2.75, 3.05) is 0 Å². The molecule has 29 heavy (non-hydrogen) atoms. The van der Waals surface area contributed by atoms with Gasteiger partial charge in [0.15, 0.2) is 11.6 Å². The first-order valence-electron chi connectivity index (χ1n) is 8.85. The first kappa shape index (κ1) is 19.2. The van der Waals surface area contributed by atoms with E-state index in [0.29, 0.717) is 28.0 Å². The largest absolute Gasteiger partial charge is 0.268 e. The molecule has 144 valence electrons. The lowest BCUT2D eigenvalue weighted by Crippen LogP contribution is -2.22. The molecule has 0 bridgehead atoms. The van der Waals surface area contributed by atoms with Gasteiger partial charge in [-0.3, -0.25) is 9.36 Å². The third kappa shape index (κ3) is 3.76. The van der Waals surface area contributed by atoms with Crippen molar-refractivity contribution in [3.05, 3.63) is 104 Å². The quantitative estimate of drug-likeness (QED) is 0.387. The van der Waals surface area contributed by atoms with Crippen LogP contribution in [0.2, 0.25) is 0 Å². The normalized spacial score (nSPS) is 11.4. The van der Waals surface area contributed by atoms with Crippen LogP contribution in [0.3, 0.4) is 0 Å². The molecule has 4 aromatic rings. The fourth-order valence-corrected chi connectivity index (χ4v) is 3.75. The van der Waals surface area contributed by atoms with Gasteiger partial charge >= 0.3 is 0 Å². The SMILES string of the molecule is Cc1ccc(-n2c(C=Cc3ccc(F)c(F)c3)nc3ccccc3c2=O)c(Br)c1. The zero-order valence-corrected chi connectivity index (χ0v) is 17.0. The lowest BCUT2D eigenvalue weighted by Gasteiger charge is -2.13. The fourth-order valence-electron chi connectivity index (χ4n) is 3.07. The second-order valence-electron chi connectivity index (χ2n) is 6.59. The molecule has 0 atom stereocenters. The molecule has 0 saturated heterocycles. The highest BCUT2D eigenvalue weighted by Gasteiger charge is 2.13. The van der Waals surface area contributed by atoms with Gasteiger partial charge in [0.1, 0.15) is 5.82 Å². The van der Waals surface area contributed by atoms with Gasteiger partial charge in [0.25, 0.3) is 5.56 Å². The maximum Gasteiger partial charge on any atom is 0.266 e. The third-order valence-corrected chi connectivity index (χ3v) is 5.15. The van der Waals surface area contributed by atoms with E-state index in [2.05, 4.69) is 20.9 Å². The van der Waals surface area contributed by atoms with E-state index in [1.165, 1.54) is 10.6 Å². The van der Waals surface area contributed by atoms with Crippen LogP contribution in [-0.4, -0.2) is 9.55 Å². The van der Waals surface area contributed by atoms with Crippen LogP contribution in [0.15, 0.2) is 69.9 Å². The van der Waals surface area contributed by atoms with Crippen molar-refractivity contribution in [1.29, 1.82) is 0 Å². The molecule has 3 aromatic carbocycles. The standard InChI is InChI=1S/C23H15BrF2N2O/c1-14-6-10-21(17(24)12-14)28-22(11-8-15-7-9-18(25)19(26)13-15)27-20-5-3-2-4-16(20)23(28)29/h2-13H,1H3. The predicted molar refractivity (Wildman–Crippen MR) is 115 cm³/mol. The Balaban J connectivity index is 1.95. The van der Waals surface area contributed by atoms with Crippen molar-refractivity contribution in [2.45, 2.75) is 6.92 Å². The van der Waals surface area contributed by atoms with E-state index in [1.807, 2.05) is 31.2 Å². The summed E-state index contributed by atoms with van der Waals surface area (Å²) in [6, 6.07) is 16.4. The summed E-state index contributed by atoms with van der Waals surface area (Å²) < 4.78 is 29.0. The number of nitrogens with zero attached hydrogens (tertiary/aromatic N) is 2. The second-order valence-corrected chi connectivity index (χ2v) is 7.44. The van der Waals surface area contributed by atoms with E-state index in [4.69, 9.17) is 0 Å². The number of hydrogen-bond donors (Lipinski definition) is 0. The van der Waals surface area contributed by atoms with E-state index in [9.17, 15) is 13.6 Å². The summed E-state index contributed by atoms with van der Waals surface area (Å²) in [6.07, 6.45) is 3.21. The van der Waals surface area contributed by atoms with Crippen LogP contribution >= 0.6 is 15.9 Å². The predicted octanol–water partition coefficient (Wildman–Crippen LogP) is 5.91. The first-order chi connectivity index (χ1) is 13.9. The number of aromatic nitrogens is 2. The van der Waals surface area contributed by atoms with Crippen molar-refractivity contribution in [1.82, 2.24) is 9.55 Å². The number of halogens is 3. The Bertz CT molecular complexity index is 1330. The Labute approximate surface area is 174 Å². The van der Waals surface area contributed by atoms with E-state index in [1.54, 1.807) is 30.4 Å². The zero-order valence-electron chi connectivity index (χ0n) is 15.4. The van der Waals surface area contributed by atoms with E-state index in [0.717, 1.165) is 22.2 Å². The number of aryl methyl sites for hydroxylation is 1. The number of para-hydroxylation sites is 1. The van der Waals surface area contributed by atoms with Crippen LogP contribution < -0.4 is 5.56 Å². The molecule has 0 aliphatic heterocycles. The topological polar surface area (TPSA) is 34.9 Å². The monoisotopic (exact) mass is 452 g/mol. The molecule has 0 fully saturated rings. The Morgan fingerprint density at radius 1 is 0.966 bits per heavy atom. The summed E-state index contributed by atoms with van der Waals surface area (Å²) in [6.45, 7) is 1.96. The highest BCUT2D eigenvalue weighted by atomic mass is 79.9. The molecule has 1 heterocycles. The molecule has 0 unspecified atom stereocenters. The van der Waals surface area contributed by atoms with Gasteiger partial charge in [0.2, 0.25) is 0 Å². The average molecular weight is 453 g/mol. The molecule has 0 radical (unpaired) electrons. The molecular formula is C23H15BrF2N2O. The molecule has 0 aliphatic carbocycles. The van der Waals surface area contributed by atoms with Gasteiger partial charge < -0.3 is 0 Å². The second kappa shape index (κ2) is 7.72. The summed E-state index contributed by atoms with van der Waals surface area (Å²) in [5.41, 5.74) is 2.48. The van der Waals surface area contributed by atoms with E-state index >= 15 is 0 Å². The number of benzene rings is 3. The Morgan fingerprint density at radius 2 is 1.76 bits per heavy atom. The molecule has 0 amide bonds. The molecule has 0 saturated carbocycles. The molecule has 0 aliphatic rings. The van der Waals surface area contributed by atoms with Crippen molar-refractivity contribution < 1.29 is 8.78 Å². The number of hydrogen-bond acceptors (Lipinski definition) is 2. The fraction of sp³-hybridized carbons (Fsp3) is 0.0435. The molecule has 0 N–H and O–H groups in total. The molecule has 4 rings (SSSR count). The highest BCUT2D eigenvalue weighted by Crippen LogP contribution is 2.24. The summed E-state index contributed by atoms with van der Waals surface area (Å²) in [5.74, 6) is -1.47. The van der Waals surface area contributed by atoms with Gasteiger partial charge in [-0.1, -0.05) is 30.3 Å². The number of fused-ring (bicyclic) bond motifs is 1. The van der Waals surface area contributed by atoms with Crippen LogP contribution in [0.4, 0.5) is 8.78 Å². The molecule has 3 nitrogen and oxygen atoms in total. The van der Waals surface area contributed by atoms with Crippen LogP contribution in [-0.2, 0) is 0 Å². The molecule has 6 heteroatoms. The van der Waals surface area contributed by atoms with Gasteiger partial charge in [-0.15, -0.1) is 0 Å². The van der Waals surface area contributed by atoms with Crippen molar-refractivity contribution >= 4 is 39.0 Å². The smallest absolute Gasteiger partial charge is 0.266 e. The summed E-state index contributed by atoms with van der Waals surface area (Å²) >= 11 is 3.53. The molecular weight excluding hydrogens is 438 g/mol. The minimum absolute atomic E-state index is 0.218. The highest BCUT2D eigenvalue weighted by molar-refractivity contribution is 9.10. The van der Waals surface area contributed by atoms with E-state index in [-0.39, 0.29) is 5.56 Å². The zero-order chi connectivity index (χ0) is 20.5. The Kier molecular flexibility index (Phi) is 5.11. The van der Waals surface area contributed by atoms with Crippen LogP contribution in [0.1, 0.15) is 17.0 Å². The van der Waals surface area contributed by atoms with Crippen molar-refractivity contribution in [2.24, 2.45) is 0 Å². The molecule has 1 aromatic heterocycles. The van der Waals surface area contributed by atoms with Gasteiger partial charge in [0, 0.05) is 4.47 Å². The summed E-state index contributed by atoms with van der Waals surface area (Å²) in [5, 5.41) is 0.491. The minimum atomic E-state index is -0.933. The first-order valence-corrected chi connectivity index (χ1v) is 9.65. The lowest BCUT2D eigenvalue weighted by atomic mass is 10.2. The van der Waals surface area contributed by atoms with Gasteiger partial charge in [0.05, 0.1) is 16.6 Å². The maximum atomic E-state index is 13.5. The van der Waals surface area contributed by atoms with E-state index < -0.39 is 11.6 Å². The van der Waals surface area contributed by atoms with Crippen molar-refractivity contribution in [3.63, 3.8) is 0 Å². The van der Waals surface area contributed by atoms with Gasteiger partial charge in [-0.05, 0) is 76.5 Å². The molecule has 0 spiro atoms. The van der Waals surface area contributed by atoms with Crippen LogP contribution in [0, 0.1) is 18.6 Å². The van der Waals surface area contributed by atoms with Crippen LogP contribution in [0.5, 0.6) is 0 Å². The summed E-state index contributed by atoms with van der Waals surface area (Å²) in [7, 11) is 0. The Morgan fingerprint density at radius 3 is 2.52 bits per heavy atom.